The quantitative estimate of drug-likeness (QED) is 0.499. The van der Waals surface area contributed by atoms with Gasteiger partial charge < -0.3 is 19.7 Å². The second-order valence-corrected chi connectivity index (χ2v) is 9.30. The molecule has 2 N–H and O–H groups in total. The zero-order valence-electron chi connectivity index (χ0n) is 19.3. The fraction of sp³-hybridized carbons (Fsp3) is 0.333. The molecule has 2 aliphatic heterocycles. The predicted octanol–water partition coefficient (Wildman–Crippen LogP) is 3.74. The van der Waals surface area contributed by atoms with Crippen molar-refractivity contribution in [1.82, 2.24) is 20.1 Å². The van der Waals surface area contributed by atoms with E-state index in [1.807, 2.05) is 35.8 Å². The zero-order valence-corrected chi connectivity index (χ0v) is 20.1. The SMILES string of the molecule is Cc1ccc(-n2c(SCC(=O)NC(=O)Nc3ccc4c(c3)OCO4)nnc2N2CCCCC2)cc1. The first-order valence-electron chi connectivity index (χ1n) is 11.5. The Morgan fingerprint density at radius 3 is 2.57 bits per heavy atom. The van der Waals surface area contributed by atoms with Crippen LogP contribution in [0.1, 0.15) is 24.8 Å². The number of thioether (sulfide) groups is 1. The molecule has 2 aromatic carbocycles. The Bertz CT molecular complexity index is 1220. The Morgan fingerprint density at radius 2 is 1.77 bits per heavy atom. The van der Waals surface area contributed by atoms with Crippen LogP contribution >= 0.6 is 11.8 Å². The number of carbonyl (C=O) groups excluding carboxylic acids is 2. The Morgan fingerprint density at radius 1 is 1.00 bits per heavy atom. The largest absolute Gasteiger partial charge is 0.454 e. The van der Waals surface area contributed by atoms with Gasteiger partial charge in [0.05, 0.1) is 11.4 Å². The molecule has 3 aromatic rings. The smallest absolute Gasteiger partial charge is 0.325 e. The molecule has 0 spiro atoms. The van der Waals surface area contributed by atoms with E-state index in [-0.39, 0.29) is 12.5 Å². The van der Waals surface area contributed by atoms with Crippen LogP contribution in [0.5, 0.6) is 11.5 Å². The van der Waals surface area contributed by atoms with Crippen LogP contribution in [0.25, 0.3) is 5.69 Å². The van der Waals surface area contributed by atoms with Gasteiger partial charge in [-0.1, -0.05) is 29.5 Å². The molecule has 0 atom stereocenters. The zero-order chi connectivity index (χ0) is 24.2. The number of nitrogens with one attached hydrogen (secondary N) is 2. The molecule has 1 fully saturated rings. The molecular formula is C24H26N6O4S. The summed E-state index contributed by atoms with van der Waals surface area (Å²) in [5, 5.41) is 14.4. The van der Waals surface area contributed by atoms with Gasteiger partial charge in [-0.05, 0) is 50.5 Å². The average molecular weight is 495 g/mol. The minimum Gasteiger partial charge on any atom is -0.454 e. The lowest BCUT2D eigenvalue weighted by Crippen LogP contribution is -2.35. The Labute approximate surface area is 207 Å². The number of anilines is 2. The summed E-state index contributed by atoms with van der Waals surface area (Å²) < 4.78 is 12.5. The highest BCUT2D eigenvalue weighted by atomic mass is 32.2. The monoisotopic (exact) mass is 494 g/mol. The molecule has 0 aliphatic carbocycles. The maximum absolute atomic E-state index is 12.5. The standard InChI is InChI=1S/C24H26N6O4S/c1-16-5-8-18(9-6-16)30-23(29-11-3-2-4-12-29)27-28-24(30)35-14-21(31)26-22(32)25-17-7-10-19-20(13-17)34-15-33-19/h5-10,13H,2-4,11-12,14-15H2,1H3,(H2,25,26,31,32). The summed E-state index contributed by atoms with van der Waals surface area (Å²) in [5.41, 5.74) is 2.59. The molecule has 2 aliphatic rings. The Balaban J connectivity index is 1.24. The van der Waals surface area contributed by atoms with E-state index in [2.05, 4.69) is 25.7 Å². The van der Waals surface area contributed by atoms with Gasteiger partial charge in [0.15, 0.2) is 16.7 Å². The summed E-state index contributed by atoms with van der Waals surface area (Å²) >= 11 is 1.24. The highest BCUT2D eigenvalue weighted by molar-refractivity contribution is 7.99. The van der Waals surface area contributed by atoms with Crippen molar-refractivity contribution in [2.24, 2.45) is 0 Å². The number of piperidine rings is 1. The van der Waals surface area contributed by atoms with Gasteiger partial charge in [0.1, 0.15) is 0 Å². The van der Waals surface area contributed by atoms with Crippen molar-refractivity contribution in [3.05, 3.63) is 48.0 Å². The number of aromatic nitrogens is 3. The van der Waals surface area contributed by atoms with E-state index in [0.717, 1.165) is 43.1 Å². The van der Waals surface area contributed by atoms with Gasteiger partial charge in [0.25, 0.3) is 0 Å². The number of hydrogen-bond donors (Lipinski definition) is 2. The summed E-state index contributed by atoms with van der Waals surface area (Å²) in [6, 6.07) is 12.5. The van der Waals surface area contributed by atoms with E-state index in [9.17, 15) is 9.59 Å². The van der Waals surface area contributed by atoms with Crippen molar-refractivity contribution in [1.29, 1.82) is 0 Å². The van der Waals surface area contributed by atoms with Gasteiger partial charge in [0.2, 0.25) is 18.6 Å². The molecular weight excluding hydrogens is 468 g/mol. The lowest BCUT2D eigenvalue weighted by atomic mass is 10.1. The van der Waals surface area contributed by atoms with Crippen LogP contribution in [-0.4, -0.2) is 52.3 Å². The molecule has 3 heterocycles. The number of ether oxygens (including phenoxy) is 2. The van der Waals surface area contributed by atoms with E-state index < -0.39 is 11.9 Å². The van der Waals surface area contributed by atoms with Crippen molar-refractivity contribution < 1.29 is 19.1 Å². The maximum atomic E-state index is 12.5. The van der Waals surface area contributed by atoms with Gasteiger partial charge in [0, 0.05) is 24.8 Å². The van der Waals surface area contributed by atoms with Crippen molar-refractivity contribution in [3.8, 4) is 17.2 Å². The second kappa shape index (κ2) is 10.3. The molecule has 10 nitrogen and oxygen atoms in total. The van der Waals surface area contributed by atoms with Crippen molar-refractivity contribution >= 4 is 35.3 Å². The van der Waals surface area contributed by atoms with Crippen LogP contribution in [0.15, 0.2) is 47.6 Å². The maximum Gasteiger partial charge on any atom is 0.325 e. The summed E-state index contributed by atoms with van der Waals surface area (Å²) in [6.45, 7) is 4.04. The number of benzene rings is 2. The highest BCUT2D eigenvalue weighted by Crippen LogP contribution is 2.34. The van der Waals surface area contributed by atoms with Gasteiger partial charge in [-0.25, -0.2) is 4.79 Å². The molecule has 0 saturated carbocycles. The number of fused-ring (bicyclic) bond motifs is 1. The van der Waals surface area contributed by atoms with E-state index in [4.69, 9.17) is 9.47 Å². The first-order chi connectivity index (χ1) is 17.1. The molecule has 0 unspecified atom stereocenters. The summed E-state index contributed by atoms with van der Waals surface area (Å²) in [5.74, 6) is 1.51. The van der Waals surface area contributed by atoms with Gasteiger partial charge >= 0.3 is 6.03 Å². The number of amides is 3. The van der Waals surface area contributed by atoms with Gasteiger partial charge in [-0.15, -0.1) is 10.2 Å². The summed E-state index contributed by atoms with van der Waals surface area (Å²) in [4.78, 5) is 27.0. The Hall–Kier alpha value is -3.73. The molecule has 11 heteroatoms. The van der Waals surface area contributed by atoms with Crippen LogP contribution < -0.4 is 25.0 Å². The summed E-state index contributed by atoms with van der Waals surface area (Å²) in [6.07, 6.45) is 3.44. The molecule has 3 amide bonds. The molecule has 1 aromatic heterocycles. The molecule has 1 saturated heterocycles. The third-order valence-corrected chi connectivity index (χ3v) is 6.69. The fourth-order valence-corrected chi connectivity index (χ4v) is 4.75. The lowest BCUT2D eigenvalue weighted by molar-refractivity contribution is -0.117. The molecule has 0 radical (unpaired) electrons. The highest BCUT2D eigenvalue weighted by Gasteiger charge is 2.22. The number of nitrogens with zero attached hydrogens (tertiary/aromatic N) is 4. The Kier molecular flexibility index (Phi) is 6.75. The number of imide groups is 1. The third-order valence-electron chi connectivity index (χ3n) is 5.76. The topological polar surface area (TPSA) is 111 Å². The van der Waals surface area contributed by atoms with E-state index in [1.165, 1.54) is 18.2 Å². The first kappa shape index (κ1) is 23.0. The van der Waals surface area contributed by atoms with E-state index in [1.54, 1.807) is 18.2 Å². The predicted molar refractivity (Wildman–Crippen MR) is 133 cm³/mol. The molecule has 5 rings (SSSR count). The van der Waals surface area contributed by atoms with Crippen LogP contribution in [0.2, 0.25) is 0 Å². The average Bonchev–Trinajstić information content (AvgIpc) is 3.50. The minimum absolute atomic E-state index is 0.0125. The lowest BCUT2D eigenvalue weighted by Gasteiger charge is -2.27. The molecule has 0 bridgehead atoms. The fourth-order valence-electron chi connectivity index (χ4n) is 4.00. The minimum atomic E-state index is -0.622. The molecule has 35 heavy (non-hydrogen) atoms. The van der Waals surface area contributed by atoms with Crippen LogP contribution in [0.4, 0.5) is 16.4 Å². The van der Waals surface area contributed by atoms with Crippen LogP contribution in [0.3, 0.4) is 0 Å². The number of carbonyl (C=O) groups is 2. The number of urea groups is 1. The molecule has 182 valence electrons. The van der Waals surface area contributed by atoms with Crippen LogP contribution in [0, 0.1) is 6.92 Å². The van der Waals surface area contributed by atoms with E-state index >= 15 is 0 Å². The van der Waals surface area contributed by atoms with Gasteiger partial charge in [-0.2, -0.15) is 0 Å². The third kappa shape index (κ3) is 5.35. The number of hydrogen-bond acceptors (Lipinski definition) is 8. The van der Waals surface area contributed by atoms with Crippen molar-refractivity contribution in [2.75, 3.05) is 35.9 Å². The van der Waals surface area contributed by atoms with Crippen molar-refractivity contribution in [3.63, 3.8) is 0 Å². The second-order valence-electron chi connectivity index (χ2n) is 8.36. The van der Waals surface area contributed by atoms with Crippen LogP contribution in [-0.2, 0) is 4.79 Å². The number of rotatable bonds is 6. The van der Waals surface area contributed by atoms with Gasteiger partial charge in [-0.3, -0.25) is 14.7 Å². The van der Waals surface area contributed by atoms with E-state index in [0.29, 0.717) is 22.3 Å². The summed E-state index contributed by atoms with van der Waals surface area (Å²) in [7, 11) is 0. The van der Waals surface area contributed by atoms with Crippen molar-refractivity contribution in [2.45, 2.75) is 31.3 Å². The first-order valence-corrected chi connectivity index (χ1v) is 12.5. The normalized spacial score (nSPS) is 14.6. The number of aryl methyl sites for hydroxylation is 1.